The van der Waals surface area contributed by atoms with Gasteiger partial charge in [-0.05, 0) is 12.8 Å². The average Bonchev–Trinajstić information content (AvgIpc) is 2.22. The Kier molecular flexibility index (Phi) is 6.79. The van der Waals surface area contributed by atoms with Crippen molar-refractivity contribution in [3.63, 3.8) is 0 Å². The number of ketones is 1. The van der Waals surface area contributed by atoms with Gasteiger partial charge >= 0.3 is 0 Å². The predicted octanol–water partition coefficient (Wildman–Crippen LogP) is 2.95. The lowest BCUT2D eigenvalue weighted by Crippen LogP contribution is -2.22. The lowest BCUT2D eigenvalue weighted by molar-refractivity contribution is -0.129. The van der Waals surface area contributed by atoms with Crippen molar-refractivity contribution in [2.45, 2.75) is 58.5 Å². The number of Topliss-reactive ketones (excluding diaryl/α,β-unsaturated/α-hetero) is 1. The van der Waals surface area contributed by atoms with Crippen LogP contribution >= 0.6 is 0 Å². The minimum absolute atomic E-state index is 0.0738. The van der Waals surface area contributed by atoms with Gasteiger partial charge in [-0.25, -0.2) is 0 Å². The van der Waals surface area contributed by atoms with E-state index in [-0.39, 0.29) is 5.78 Å². The Bertz CT molecular complexity index is 171. The molecule has 1 atom stereocenters. The summed E-state index contributed by atoms with van der Waals surface area (Å²) in [6.07, 6.45) is 3.40. The van der Waals surface area contributed by atoms with Crippen LogP contribution in [-0.2, 0) is 9.53 Å². The van der Waals surface area contributed by atoms with Crippen molar-refractivity contribution in [1.29, 1.82) is 0 Å². The zero-order chi connectivity index (χ0) is 11.0. The van der Waals surface area contributed by atoms with Gasteiger partial charge in [-0.3, -0.25) is 4.79 Å². The third kappa shape index (κ3) is 5.81. The molecule has 0 aliphatic heterocycles. The Morgan fingerprint density at radius 1 is 1.38 bits per heavy atom. The van der Waals surface area contributed by atoms with E-state index in [0.29, 0.717) is 12.8 Å². The molecule has 1 unspecified atom stereocenters. The fraction of sp³-hybridized carbons (Fsp3) is 0.909. The molecule has 2 heteroatoms. The first kappa shape index (κ1) is 10.7. The smallest absolute Gasteiger partial charge is 0.161 e. The fourth-order valence-electron chi connectivity index (χ4n) is 1.17. The lowest BCUT2D eigenvalue weighted by atomic mass is 10.0. The van der Waals surface area contributed by atoms with E-state index in [0.717, 1.165) is 25.7 Å². The van der Waals surface area contributed by atoms with Crippen LogP contribution in [0.5, 0.6) is 0 Å². The molecule has 0 saturated carbocycles. The molecule has 2 nitrogen and oxygen atoms in total. The average molecular weight is 187 g/mol. The number of ether oxygens (including phenoxy) is 1. The first-order valence-electron chi connectivity index (χ1n) is 5.69. The van der Waals surface area contributed by atoms with Gasteiger partial charge in [0.15, 0.2) is 5.78 Å². The van der Waals surface area contributed by atoms with Gasteiger partial charge in [0.05, 0.1) is 1.37 Å². The monoisotopic (exact) mass is 187 g/mol. The number of carbonyl (C=O) groups is 1. The molecule has 0 heterocycles. The van der Waals surface area contributed by atoms with Gasteiger partial charge in [0.2, 0.25) is 0 Å². The second kappa shape index (κ2) is 8.24. The zero-order valence-electron chi connectivity index (χ0n) is 10.1. The maximum Gasteiger partial charge on any atom is 0.161 e. The molecule has 0 aromatic heterocycles. The Morgan fingerprint density at radius 3 is 2.46 bits per heavy atom. The largest absolute Gasteiger partial charge is 0.374 e. The van der Waals surface area contributed by atoms with Crippen molar-refractivity contribution in [2.24, 2.45) is 0 Å². The Balaban J connectivity index is 4.12. The van der Waals surface area contributed by atoms with Crippen LogP contribution in [0.3, 0.4) is 0 Å². The molecule has 0 radical (unpaired) electrons. The molecule has 0 aliphatic carbocycles. The summed E-state index contributed by atoms with van der Waals surface area (Å²) in [4.78, 5) is 11.6. The molecule has 78 valence electrons. The van der Waals surface area contributed by atoms with Gasteiger partial charge in [0.1, 0.15) is 6.08 Å². The molecular weight excluding hydrogens is 164 g/mol. The third-order valence-electron chi connectivity index (χ3n) is 2.07. The van der Waals surface area contributed by atoms with E-state index < -0.39 is 6.08 Å². The maximum absolute atomic E-state index is 11.6. The van der Waals surface area contributed by atoms with Crippen molar-refractivity contribution < 1.29 is 10.9 Å². The van der Waals surface area contributed by atoms with Crippen molar-refractivity contribution >= 4 is 5.78 Å². The highest BCUT2D eigenvalue weighted by atomic mass is 16.5. The first-order valence-corrected chi connectivity index (χ1v) is 5.19. The highest BCUT2D eigenvalue weighted by Gasteiger charge is 2.15. The van der Waals surface area contributed by atoms with Crippen LogP contribution in [-0.4, -0.2) is 19.0 Å². The normalized spacial score (nSPS) is 16.4. The van der Waals surface area contributed by atoms with E-state index in [1.54, 1.807) is 0 Å². The number of rotatable bonds is 8. The fourth-order valence-corrected chi connectivity index (χ4v) is 1.17. The molecule has 0 amide bonds. The van der Waals surface area contributed by atoms with Crippen molar-refractivity contribution in [1.82, 2.24) is 0 Å². The standard InChI is InChI=1S/C11H22O2/c1-4-6-8-10(12)11(13-3)9-7-5-2/h11H,4-9H2,1-3H3/i11D. The summed E-state index contributed by atoms with van der Waals surface area (Å²) in [5, 5.41) is 0. The second-order valence-electron chi connectivity index (χ2n) is 3.26. The summed E-state index contributed by atoms with van der Waals surface area (Å²) >= 11 is 0. The minimum Gasteiger partial charge on any atom is -0.374 e. The molecule has 0 fully saturated rings. The van der Waals surface area contributed by atoms with Gasteiger partial charge in [0, 0.05) is 13.5 Å². The van der Waals surface area contributed by atoms with Crippen molar-refractivity contribution in [2.75, 3.05) is 7.11 Å². The van der Waals surface area contributed by atoms with Crippen LogP contribution in [0, 0.1) is 0 Å². The first-order chi connectivity index (χ1) is 6.60. The van der Waals surface area contributed by atoms with E-state index in [2.05, 4.69) is 0 Å². The molecule has 0 aliphatic rings. The summed E-state index contributed by atoms with van der Waals surface area (Å²) in [5.74, 6) is -0.0738. The van der Waals surface area contributed by atoms with Crippen LogP contribution in [0.4, 0.5) is 0 Å². The van der Waals surface area contributed by atoms with E-state index in [9.17, 15) is 4.79 Å². The minimum atomic E-state index is -1.29. The Morgan fingerprint density at radius 2 is 2.00 bits per heavy atom. The molecule has 0 bridgehead atoms. The summed E-state index contributed by atoms with van der Waals surface area (Å²) in [6.45, 7) is 4.09. The zero-order valence-corrected chi connectivity index (χ0v) is 9.06. The second-order valence-corrected chi connectivity index (χ2v) is 3.26. The summed E-state index contributed by atoms with van der Waals surface area (Å²) < 4.78 is 12.9. The summed E-state index contributed by atoms with van der Waals surface area (Å²) in [7, 11) is 1.45. The van der Waals surface area contributed by atoms with Gasteiger partial charge in [-0.15, -0.1) is 0 Å². The molecule has 0 spiro atoms. The van der Waals surface area contributed by atoms with Crippen LogP contribution in [0.15, 0.2) is 0 Å². The number of hydrogen-bond acceptors (Lipinski definition) is 2. The maximum atomic E-state index is 11.6. The highest BCUT2D eigenvalue weighted by molar-refractivity contribution is 5.82. The predicted molar refractivity (Wildman–Crippen MR) is 54.9 cm³/mol. The van der Waals surface area contributed by atoms with Crippen LogP contribution < -0.4 is 0 Å². The number of hydrogen-bond donors (Lipinski definition) is 0. The van der Waals surface area contributed by atoms with Gasteiger partial charge < -0.3 is 4.74 Å². The van der Waals surface area contributed by atoms with Crippen LogP contribution in [0.2, 0.25) is 0 Å². The quantitative estimate of drug-likeness (QED) is 0.584. The Labute approximate surface area is 83.1 Å². The number of unbranched alkanes of at least 4 members (excludes halogenated alkanes) is 2. The molecule has 0 rings (SSSR count). The van der Waals surface area contributed by atoms with Crippen molar-refractivity contribution in [3.8, 4) is 0 Å². The molecule has 0 saturated heterocycles. The number of carbonyl (C=O) groups excluding carboxylic acids is 1. The molecule has 0 aromatic carbocycles. The van der Waals surface area contributed by atoms with E-state index in [1.807, 2.05) is 13.8 Å². The van der Waals surface area contributed by atoms with Gasteiger partial charge in [-0.2, -0.15) is 0 Å². The SMILES string of the molecule is [2H]C(CCCC)(OC)C(=O)CCCC. The van der Waals surface area contributed by atoms with E-state index in [1.165, 1.54) is 7.11 Å². The van der Waals surface area contributed by atoms with Crippen molar-refractivity contribution in [3.05, 3.63) is 0 Å². The third-order valence-corrected chi connectivity index (χ3v) is 2.07. The van der Waals surface area contributed by atoms with E-state index >= 15 is 0 Å². The molecule has 0 N–H and O–H groups in total. The van der Waals surface area contributed by atoms with Crippen LogP contribution in [0.25, 0.3) is 0 Å². The summed E-state index contributed by atoms with van der Waals surface area (Å²) in [5.41, 5.74) is 0. The highest BCUT2D eigenvalue weighted by Crippen LogP contribution is 2.09. The van der Waals surface area contributed by atoms with Gasteiger partial charge in [0.25, 0.3) is 0 Å². The van der Waals surface area contributed by atoms with E-state index in [4.69, 9.17) is 6.11 Å². The Hall–Kier alpha value is -0.370. The van der Waals surface area contributed by atoms with Gasteiger partial charge in [-0.1, -0.05) is 33.1 Å². The number of methoxy groups -OCH3 is 1. The van der Waals surface area contributed by atoms with Crippen LogP contribution in [0.1, 0.15) is 53.7 Å². The molecule has 0 aromatic rings. The lowest BCUT2D eigenvalue weighted by Gasteiger charge is -2.12. The molecular formula is C11H22O2. The summed E-state index contributed by atoms with van der Waals surface area (Å²) in [6, 6.07) is 0. The molecule has 13 heavy (non-hydrogen) atoms. The topological polar surface area (TPSA) is 26.3 Å².